The number of aromatic nitrogens is 3. The van der Waals surface area contributed by atoms with Gasteiger partial charge < -0.3 is 24.6 Å². The standard InChI is InChI=1S/C23H21N5O4S/c1-32-14-5-6-17(18(29)12-14)27-8-10-28(11-9-27)23(31)15-13-33-20-19(15)25-21(26-22(20)30)16-4-2-3-7-24-16/h2-7,12-13,29H,8-11H2,1H3,(H,25,26,30). The molecule has 1 aliphatic rings. The number of pyridine rings is 1. The largest absolute Gasteiger partial charge is 0.506 e. The molecule has 0 aliphatic carbocycles. The lowest BCUT2D eigenvalue weighted by Crippen LogP contribution is -2.48. The number of carbonyl (C=O) groups excluding carboxylic acids is 1. The van der Waals surface area contributed by atoms with Crippen LogP contribution < -0.4 is 15.2 Å². The van der Waals surface area contributed by atoms with Crippen LogP contribution in [0.15, 0.2) is 52.8 Å². The van der Waals surface area contributed by atoms with Crippen molar-refractivity contribution in [3.05, 3.63) is 63.9 Å². The van der Waals surface area contributed by atoms with E-state index in [0.29, 0.717) is 64.9 Å². The summed E-state index contributed by atoms with van der Waals surface area (Å²) in [5, 5.41) is 12.0. The number of phenolic OH excluding ortho intramolecular Hbond substituents is 1. The van der Waals surface area contributed by atoms with Crippen molar-refractivity contribution in [1.82, 2.24) is 19.9 Å². The molecule has 10 heteroatoms. The summed E-state index contributed by atoms with van der Waals surface area (Å²) in [4.78, 5) is 41.2. The van der Waals surface area contributed by atoms with Crippen LogP contribution in [0.2, 0.25) is 0 Å². The fourth-order valence-corrected chi connectivity index (χ4v) is 4.80. The molecule has 0 atom stereocenters. The molecule has 0 radical (unpaired) electrons. The summed E-state index contributed by atoms with van der Waals surface area (Å²) >= 11 is 1.21. The number of carbonyl (C=O) groups is 1. The summed E-state index contributed by atoms with van der Waals surface area (Å²) < 4.78 is 5.56. The summed E-state index contributed by atoms with van der Waals surface area (Å²) in [6.07, 6.45) is 1.62. The molecular weight excluding hydrogens is 442 g/mol. The fourth-order valence-electron chi connectivity index (χ4n) is 3.92. The Morgan fingerprint density at radius 1 is 1.18 bits per heavy atom. The molecule has 1 aromatic carbocycles. The van der Waals surface area contributed by atoms with E-state index >= 15 is 0 Å². The maximum Gasteiger partial charge on any atom is 0.269 e. The van der Waals surface area contributed by atoms with Crippen molar-refractivity contribution in [2.45, 2.75) is 0 Å². The first-order valence-electron chi connectivity index (χ1n) is 10.4. The normalized spacial score (nSPS) is 14.0. The van der Waals surface area contributed by atoms with Gasteiger partial charge >= 0.3 is 0 Å². The van der Waals surface area contributed by atoms with Gasteiger partial charge in [-0.2, -0.15) is 0 Å². The number of anilines is 1. The zero-order valence-electron chi connectivity index (χ0n) is 17.8. The third-order valence-corrected chi connectivity index (χ3v) is 6.62. The number of piperazine rings is 1. The van der Waals surface area contributed by atoms with Crippen LogP contribution in [-0.2, 0) is 0 Å². The third kappa shape index (κ3) is 3.89. The Kier molecular flexibility index (Phi) is 5.43. The summed E-state index contributed by atoms with van der Waals surface area (Å²) in [6.45, 7) is 2.11. The minimum Gasteiger partial charge on any atom is -0.506 e. The summed E-state index contributed by atoms with van der Waals surface area (Å²) in [7, 11) is 1.55. The highest BCUT2D eigenvalue weighted by atomic mass is 32.1. The van der Waals surface area contributed by atoms with Crippen LogP contribution in [0.25, 0.3) is 21.7 Å². The van der Waals surface area contributed by atoms with E-state index in [4.69, 9.17) is 4.74 Å². The van der Waals surface area contributed by atoms with Gasteiger partial charge in [0.2, 0.25) is 0 Å². The lowest BCUT2D eigenvalue weighted by atomic mass is 10.2. The van der Waals surface area contributed by atoms with E-state index in [1.54, 1.807) is 47.9 Å². The molecule has 3 aromatic heterocycles. The number of methoxy groups -OCH3 is 1. The van der Waals surface area contributed by atoms with Crippen molar-refractivity contribution in [2.75, 3.05) is 38.2 Å². The van der Waals surface area contributed by atoms with E-state index in [1.165, 1.54) is 11.3 Å². The van der Waals surface area contributed by atoms with Crippen LogP contribution in [0.3, 0.4) is 0 Å². The molecule has 0 spiro atoms. The number of nitrogens with one attached hydrogen (secondary N) is 1. The predicted octanol–water partition coefficient (Wildman–Crippen LogP) is 2.72. The number of phenols is 1. The third-order valence-electron chi connectivity index (χ3n) is 5.65. The van der Waals surface area contributed by atoms with Crippen LogP contribution in [0.1, 0.15) is 10.4 Å². The Labute approximate surface area is 192 Å². The molecule has 0 saturated carbocycles. The number of H-pyrrole nitrogens is 1. The fraction of sp³-hybridized carbons (Fsp3) is 0.217. The number of fused-ring (bicyclic) bond motifs is 1. The molecule has 0 unspecified atom stereocenters. The van der Waals surface area contributed by atoms with E-state index in [9.17, 15) is 14.7 Å². The zero-order valence-corrected chi connectivity index (χ0v) is 18.6. The van der Waals surface area contributed by atoms with Gasteiger partial charge in [-0.15, -0.1) is 11.3 Å². The second-order valence-corrected chi connectivity index (χ2v) is 8.47. The van der Waals surface area contributed by atoms with Crippen molar-refractivity contribution in [3.8, 4) is 23.0 Å². The summed E-state index contributed by atoms with van der Waals surface area (Å²) in [5.41, 5.74) is 1.76. The van der Waals surface area contributed by atoms with E-state index in [1.807, 2.05) is 17.0 Å². The molecule has 1 aliphatic heterocycles. The number of hydrogen-bond acceptors (Lipinski definition) is 8. The van der Waals surface area contributed by atoms with Crippen molar-refractivity contribution >= 4 is 33.1 Å². The van der Waals surface area contributed by atoms with Crippen molar-refractivity contribution < 1.29 is 14.6 Å². The highest BCUT2D eigenvalue weighted by molar-refractivity contribution is 7.17. The van der Waals surface area contributed by atoms with Gasteiger partial charge in [0.25, 0.3) is 11.5 Å². The maximum atomic E-state index is 13.3. The lowest BCUT2D eigenvalue weighted by molar-refractivity contribution is 0.0749. The Morgan fingerprint density at radius 3 is 2.70 bits per heavy atom. The molecule has 4 heterocycles. The molecule has 9 nitrogen and oxygen atoms in total. The monoisotopic (exact) mass is 463 g/mol. The van der Waals surface area contributed by atoms with Gasteiger partial charge in [-0.1, -0.05) is 6.07 Å². The van der Waals surface area contributed by atoms with Crippen LogP contribution in [-0.4, -0.2) is 64.2 Å². The summed E-state index contributed by atoms with van der Waals surface area (Å²) in [5.74, 6) is 0.899. The van der Waals surface area contributed by atoms with Gasteiger partial charge in [0.1, 0.15) is 27.4 Å². The molecule has 5 rings (SSSR count). The number of amides is 1. The molecule has 1 saturated heterocycles. The Bertz CT molecular complexity index is 1380. The van der Waals surface area contributed by atoms with Crippen LogP contribution in [0.5, 0.6) is 11.5 Å². The number of rotatable bonds is 4. The van der Waals surface area contributed by atoms with E-state index in [-0.39, 0.29) is 17.2 Å². The van der Waals surface area contributed by atoms with Gasteiger partial charge in [-0.3, -0.25) is 14.6 Å². The van der Waals surface area contributed by atoms with E-state index < -0.39 is 0 Å². The second-order valence-electron chi connectivity index (χ2n) is 7.59. The molecule has 0 bridgehead atoms. The molecule has 168 valence electrons. The number of nitrogens with zero attached hydrogens (tertiary/aromatic N) is 4. The summed E-state index contributed by atoms with van der Waals surface area (Å²) in [6, 6.07) is 10.5. The Morgan fingerprint density at radius 2 is 2.00 bits per heavy atom. The maximum absolute atomic E-state index is 13.3. The van der Waals surface area contributed by atoms with Crippen LogP contribution in [0.4, 0.5) is 5.69 Å². The van der Waals surface area contributed by atoms with Crippen molar-refractivity contribution in [3.63, 3.8) is 0 Å². The van der Waals surface area contributed by atoms with Crippen molar-refractivity contribution in [2.24, 2.45) is 0 Å². The quantitative estimate of drug-likeness (QED) is 0.479. The van der Waals surface area contributed by atoms with E-state index in [0.717, 1.165) is 0 Å². The van der Waals surface area contributed by atoms with Crippen LogP contribution >= 0.6 is 11.3 Å². The number of aromatic hydroxyl groups is 1. The van der Waals surface area contributed by atoms with Gasteiger partial charge in [0.15, 0.2) is 5.82 Å². The smallest absolute Gasteiger partial charge is 0.269 e. The SMILES string of the molecule is COc1ccc(N2CCN(C(=O)c3csc4c(=O)[nH]c(-c5ccccn5)nc34)CC2)c(O)c1. The molecule has 4 aromatic rings. The molecule has 1 amide bonds. The Hall–Kier alpha value is -3.92. The Balaban J connectivity index is 1.38. The number of aromatic amines is 1. The highest BCUT2D eigenvalue weighted by Crippen LogP contribution is 2.32. The highest BCUT2D eigenvalue weighted by Gasteiger charge is 2.26. The zero-order chi connectivity index (χ0) is 22.9. The number of benzene rings is 1. The van der Waals surface area contributed by atoms with Crippen molar-refractivity contribution in [1.29, 1.82) is 0 Å². The minimum atomic E-state index is -0.287. The molecule has 33 heavy (non-hydrogen) atoms. The molecule has 2 N–H and O–H groups in total. The average Bonchev–Trinajstić information content (AvgIpc) is 3.29. The van der Waals surface area contributed by atoms with Gasteiger partial charge in [-0.05, 0) is 24.3 Å². The van der Waals surface area contributed by atoms with Gasteiger partial charge in [0, 0.05) is 43.8 Å². The van der Waals surface area contributed by atoms with Gasteiger partial charge in [-0.25, -0.2) is 4.98 Å². The first kappa shape index (κ1) is 21.0. The van der Waals surface area contributed by atoms with Crippen LogP contribution in [0, 0.1) is 0 Å². The van der Waals surface area contributed by atoms with E-state index in [2.05, 4.69) is 15.0 Å². The molecule has 1 fully saturated rings. The predicted molar refractivity (Wildman–Crippen MR) is 126 cm³/mol. The second kappa shape index (κ2) is 8.55. The lowest BCUT2D eigenvalue weighted by Gasteiger charge is -2.36. The number of ether oxygens (including phenoxy) is 1. The average molecular weight is 464 g/mol. The molecular formula is C23H21N5O4S. The number of thiophene rings is 1. The van der Waals surface area contributed by atoms with Gasteiger partial charge in [0.05, 0.1) is 18.4 Å². The number of hydrogen-bond donors (Lipinski definition) is 2. The topological polar surface area (TPSA) is 112 Å². The first-order chi connectivity index (χ1) is 16.0. The first-order valence-corrected chi connectivity index (χ1v) is 11.3. The minimum absolute atomic E-state index is 0.142.